The van der Waals surface area contributed by atoms with Crippen LogP contribution in [0.4, 0.5) is 19.3 Å². The summed E-state index contributed by atoms with van der Waals surface area (Å²) in [6.07, 6.45) is 1.20. The molecule has 1 N–H and O–H groups in total. The monoisotopic (exact) mass is 339 g/mol. The maximum absolute atomic E-state index is 13.6. The van der Waals surface area contributed by atoms with Gasteiger partial charge in [0.1, 0.15) is 18.2 Å². The van der Waals surface area contributed by atoms with Crippen LogP contribution in [0, 0.1) is 11.6 Å². The maximum atomic E-state index is 13.6. The summed E-state index contributed by atoms with van der Waals surface area (Å²) in [5.74, 6) is -1.56. The second kappa shape index (κ2) is 6.35. The van der Waals surface area contributed by atoms with Crippen LogP contribution in [0.5, 0.6) is 0 Å². The fourth-order valence-corrected chi connectivity index (χ4v) is 3.10. The summed E-state index contributed by atoms with van der Waals surface area (Å²) >= 11 is 0. The number of carbonyl (C=O) groups is 2. The highest BCUT2D eigenvalue weighted by Gasteiger charge is 2.42. The summed E-state index contributed by atoms with van der Waals surface area (Å²) in [5.41, 5.74) is -0.471. The fourth-order valence-electron chi connectivity index (χ4n) is 3.10. The number of halogens is 2. The van der Waals surface area contributed by atoms with Gasteiger partial charge in [0.25, 0.3) is 0 Å². The number of rotatable bonds is 1. The van der Waals surface area contributed by atoms with E-state index in [4.69, 9.17) is 4.74 Å². The van der Waals surface area contributed by atoms with Gasteiger partial charge < -0.3 is 19.9 Å². The topological polar surface area (TPSA) is 61.9 Å². The summed E-state index contributed by atoms with van der Waals surface area (Å²) in [7, 11) is 1.74. The van der Waals surface area contributed by atoms with Crippen LogP contribution in [0.25, 0.3) is 0 Å². The minimum Gasteiger partial charge on any atom is -0.363 e. The Kier molecular flexibility index (Phi) is 4.40. The number of ether oxygens (including phenoxy) is 1. The van der Waals surface area contributed by atoms with Crippen LogP contribution in [0.3, 0.4) is 0 Å². The minimum atomic E-state index is -0.812. The molecule has 1 spiro atoms. The molecular weight excluding hydrogens is 320 g/mol. The van der Waals surface area contributed by atoms with Crippen LogP contribution >= 0.6 is 0 Å². The predicted molar refractivity (Wildman–Crippen MR) is 82.5 cm³/mol. The molecule has 2 saturated heterocycles. The molecule has 6 nitrogen and oxygen atoms in total. The summed E-state index contributed by atoms with van der Waals surface area (Å²) in [5, 5.41) is 2.45. The number of amides is 3. The van der Waals surface area contributed by atoms with Crippen LogP contribution in [-0.2, 0) is 9.53 Å². The lowest BCUT2D eigenvalue weighted by Gasteiger charge is -2.46. The zero-order valence-electron chi connectivity index (χ0n) is 13.3. The van der Waals surface area contributed by atoms with Crippen molar-refractivity contribution in [1.29, 1.82) is 0 Å². The zero-order chi connectivity index (χ0) is 17.3. The summed E-state index contributed by atoms with van der Waals surface area (Å²) in [4.78, 5) is 27.0. The van der Waals surface area contributed by atoms with E-state index in [1.807, 2.05) is 0 Å². The molecule has 3 amide bonds. The highest BCUT2D eigenvalue weighted by molar-refractivity contribution is 5.89. The van der Waals surface area contributed by atoms with Crippen molar-refractivity contribution < 1.29 is 23.1 Å². The van der Waals surface area contributed by atoms with E-state index in [1.165, 1.54) is 6.07 Å². The Hall–Kier alpha value is -2.22. The number of anilines is 1. The fraction of sp³-hybridized carbons (Fsp3) is 0.500. The average Bonchev–Trinajstić information content (AvgIpc) is 2.55. The molecule has 0 bridgehead atoms. The van der Waals surface area contributed by atoms with Crippen LogP contribution < -0.4 is 5.32 Å². The van der Waals surface area contributed by atoms with Gasteiger partial charge in [-0.05, 0) is 25.0 Å². The van der Waals surface area contributed by atoms with Crippen molar-refractivity contribution in [3.8, 4) is 0 Å². The van der Waals surface area contributed by atoms with Gasteiger partial charge in [-0.2, -0.15) is 0 Å². The maximum Gasteiger partial charge on any atom is 0.321 e. The van der Waals surface area contributed by atoms with Gasteiger partial charge in [0.2, 0.25) is 5.91 Å². The molecule has 130 valence electrons. The second-order valence-corrected chi connectivity index (χ2v) is 6.26. The van der Waals surface area contributed by atoms with Crippen molar-refractivity contribution in [1.82, 2.24) is 9.80 Å². The third kappa shape index (κ3) is 3.33. The molecule has 0 unspecified atom stereocenters. The van der Waals surface area contributed by atoms with E-state index in [0.29, 0.717) is 32.5 Å². The Morgan fingerprint density at radius 2 is 2.00 bits per heavy atom. The first-order valence-corrected chi connectivity index (χ1v) is 7.77. The van der Waals surface area contributed by atoms with Crippen LogP contribution in [0.1, 0.15) is 12.8 Å². The van der Waals surface area contributed by atoms with E-state index in [1.54, 1.807) is 16.8 Å². The van der Waals surface area contributed by atoms with E-state index in [2.05, 4.69) is 5.32 Å². The van der Waals surface area contributed by atoms with Crippen LogP contribution in [0.2, 0.25) is 0 Å². The van der Waals surface area contributed by atoms with E-state index in [9.17, 15) is 18.4 Å². The normalized spacial score (nSPS) is 20.4. The van der Waals surface area contributed by atoms with E-state index in [-0.39, 0.29) is 18.2 Å². The first-order chi connectivity index (χ1) is 11.4. The number of nitrogens with zero attached hydrogens (tertiary/aromatic N) is 2. The van der Waals surface area contributed by atoms with E-state index < -0.39 is 23.3 Å². The SMILES string of the molecule is CN1CC2(CCN(C(=O)Nc3ccc(F)cc3F)CC2)OCC1=O. The van der Waals surface area contributed by atoms with Crippen molar-refractivity contribution in [2.75, 3.05) is 38.6 Å². The molecule has 0 atom stereocenters. The highest BCUT2D eigenvalue weighted by Crippen LogP contribution is 2.30. The third-order valence-corrected chi connectivity index (χ3v) is 4.59. The van der Waals surface area contributed by atoms with Gasteiger partial charge in [0, 0.05) is 32.7 Å². The molecule has 0 aliphatic carbocycles. The first-order valence-electron chi connectivity index (χ1n) is 7.77. The molecular formula is C16H19F2N3O3. The standard InChI is InChI=1S/C16H19F2N3O3/c1-20-10-16(24-9-14(20)22)4-6-21(7-5-16)15(23)19-13-3-2-11(17)8-12(13)18/h2-3,8H,4-7,9-10H2,1H3,(H,19,23). The smallest absolute Gasteiger partial charge is 0.321 e. The van der Waals surface area contributed by atoms with Gasteiger partial charge in [-0.25, -0.2) is 13.6 Å². The Balaban J connectivity index is 1.58. The van der Waals surface area contributed by atoms with Gasteiger partial charge in [0.05, 0.1) is 11.3 Å². The Morgan fingerprint density at radius 1 is 1.29 bits per heavy atom. The van der Waals surface area contributed by atoms with Gasteiger partial charge >= 0.3 is 6.03 Å². The molecule has 2 fully saturated rings. The van der Waals surface area contributed by atoms with Gasteiger partial charge in [0.15, 0.2) is 0 Å². The van der Waals surface area contributed by atoms with Crippen molar-refractivity contribution in [3.63, 3.8) is 0 Å². The van der Waals surface area contributed by atoms with E-state index >= 15 is 0 Å². The lowest BCUT2D eigenvalue weighted by molar-refractivity contribution is -0.167. The van der Waals surface area contributed by atoms with Crippen molar-refractivity contribution >= 4 is 17.6 Å². The molecule has 3 rings (SSSR count). The Morgan fingerprint density at radius 3 is 2.62 bits per heavy atom. The number of benzene rings is 1. The van der Waals surface area contributed by atoms with Crippen molar-refractivity contribution in [2.24, 2.45) is 0 Å². The van der Waals surface area contributed by atoms with Gasteiger partial charge in [-0.1, -0.05) is 0 Å². The number of urea groups is 1. The minimum absolute atomic E-state index is 0.0485. The molecule has 8 heteroatoms. The van der Waals surface area contributed by atoms with Crippen molar-refractivity contribution in [3.05, 3.63) is 29.8 Å². The van der Waals surface area contributed by atoms with Crippen LogP contribution in [0.15, 0.2) is 18.2 Å². The Labute approximate surface area is 138 Å². The predicted octanol–water partition coefficient (Wildman–Crippen LogP) is 1.82. The summed E-state index contributed by atoms with van der Waals surface area (Å²) < 4.78 is 32.2. The number of likely N-dealkylation sites (tertiary alicyclic amines) is 1. The van der Waals surface area contributed by atoms with Gasteiger partial charge in [-0.3, -0.25) is 4.79 Å². The zero-order valence-corrected chi connectivity index (χ0v) is 13.3. The molecule has 2 heterocycles. The molecule has 2 aliphatic rings. The number of morpholine rings is 1. The highest BCUT2D eigenvalue weighted by atomic mass is 19.1. The third-order valence-electron chi connectivity index (χ3n) is 4.59. The molecule has 0 saturated carbocycles. The number of carbonyl (C=O) groups excluding carboxylic acids is 2. The number of hydrogen-bond acceptors (Lipinski definition) is 3. The molecule has 2 aliphatic heterocycles. The number of hydrogen-bond donors (Lipinski definition) is 1. The lowest BCUT2D eigenvalue weighted by atomic mass is 9.89. The number of piperidine rings is 1. The second-order valence-electron chi connectivity index (χ2n) is 6.26. The lowest BCUT2D eigenvalue weighted by Crippen LogP contribution is -2.58. The summed E-state index contributed by atoms with van der Waals surface area (Å²) in [6, 6.07) is 2.57. The average molecular weight is 339 g/mol. The largest absolute Gasteiger partial charge is 0.363 e. The quantitative estimate of drug-likeness (QED) is 0.849. The molecule has 0 radical (unpaired) electrons. The summed E-state index contributed by atoms with van der Waals surface area (Å²) in [6.45, 7) is 1.45. The van der Waals surface area contributed by atoms with Gasteiger partial charge in [-0.15, -0.1) is 0 Å². The van der Waals surface area contributed by atoms with Crippen LogP contribution in [-0.4, -0.2) is 60.6 Å². The molecule has 1 aromatic rings. The number of nitrogens with one attached hydrogen (secondary N) is 1. The van der Waals surface area contributed by atoms with E-state index in [0.717, 1.165) is 12.1 Å². The molecule has 1 aromatic carbocycles. The first kappa shape index (κ1) is 16.6. The Bertz CT molecular complexity index is 660. The number of likely N-dealkylation sites (N-methyl/N-ethyl adjacent to an activating group) is 1. The molecule has 0 aromatic heterocycles. The molecule has 24 heavy (non-hydrogen) atoms. The van der Waals surface area contributed by atoms with Crippen molar-refractivity contribution in [2.45, 2.75) is 18.4 Å².